The van der Waals surface area contributed by atoms with Crippen LogP contribution in [0.2, 0.25) is 0 Å². The van der Waals surface area contributed by atoms with Crippen molar-refractivity contribution >= 4 is 11.6 Å². The smallest absolute Gasteiger partial charge is 0.251 e. The van der Waals surface area contributed by atoms with Crippen LogP contribution >= 0.6 is 0 Å². The van der Waals surface area contributed by atoms with Crippen LogP contribution in [0.5, 0.6) is 0 Å². The zero-order chi connectivity index (χ0) is 19.0. The minimum atomic E-state index is -0.170. The summed E-state index contributed by atoms with van der Waals surface area (Å²) in [6.45, 7) is 1.79. The highest BCUT2D eigenvalue weighted by Gasteiger charge is 2.40. The number of anilines is 1. The van der Waals surface area contributed by atoms with E-state index in [4.69, 9.17) is 5.73 Å². The van der Waals surface area contributed by atoms with E-state index < -0.39 is 0 Å². The molecule has 1 amide bonds. The lowest BCUT2D eigenvalue weighted by Gasteiger charge is -2.43. The van der Waals surface area contributed by atoms with Crippen LogP contribution in [-0.2, 0) is 4.79 Å². The van der Waals surface area contributed by atoms with Gasteiger partial charge in [0.2, 0.25) is 5.91 Å². The lowest BCUT2D eigenvalue weighted by molar-refractivity contribution is -0.122. The summed E-state index contributed by atoms with van der Waals surface area (Å²) in [6.07, 6.45) is 5.34. The van der Waals surface area contributed by atoms with E-state index in [1.165, 1.54) is 12.5 Å². The van der Waals surface area contributed by atoms with Crippen molar-refractivity contribution in [1.29, 1.82) is 0 Å². The lowest BCUT2D eigenvalue weighted by atomic mass is 9.65. The first kappa shape index (κ1) is 17.9. The van der Waals surface area contributed by atoms with Crippen molar-refractivity contribution in [2.75, 3.05) is 5.32 Å². The first-order valence-corrected chi connectivity index (χ1v) is 9.74. The fraction of sp³-hybridized carbons (Fsp3) is 0.476. The molecule has 0 radical (unpaired) electrons. The first-order chi connectivity index (χ1) is 13.0. The molecule has 6 nitrogen and oxygen atoms in total. The van der Waals surface area contributed by atoms with Crippen molar-refractivity contribution < 1.29 is 4.79 Å². The average Bonchev–Trinajstić information content (AvgIpc) is 2.61. The third kappa shape index (κ3) is 3.81. The van der Waals surface area contributed by atoms with Gasteiger partial charge in [-0.1, -0.05) is 6.42 Å². The monoisotopic (exact) mass is 366 g/mol. The summed E-state index contributed by atoms with van der Waals surface area (Å²) in [5.74, 6) is 1.65. The number of carbonyl (C=O) groups is 1. The Hall–Kier alpha value is -2.47. The number of nitrogens with one attached hydrogen (secondary N) is 2. The summed E-state index contributed by atoms with van der Waals surface area (Å²) in [5.41, 5.74) is 8.41. The van der Waals surface area contributed by atoms with Crippen LogP contribution in [0, 0.1) is 24.7 Å². The van der Waals surface area contributed by atoms with E-state index in [2.05, 4.69) is 15.3 Å². The second kappa shape index (κ2) is 7.27. The average molecular weight is 366 g/mol. The Bertz CT molecular complexity index is 876. The number of rotatable bonds is 3. The van der Waals surface area contributed by atoms with Crippen LogP contribution in [0.4, 0.5) is 5.69 Å². The predicted octanol–water partition coefficient (Wildman–Crippen LogP) is 2.84. The number of H-pyrrole nitrogens is 1. The summed E-state index contributed by atoms with van der Waals surface area (Å²) in [4.78, 5) is 31.4. The zero-order valence-corrected chi connectivity index (χ0v) is 15.6. The number of fused-ring (bicyclic) bond motifs is 2. The highest BCUT2D eigenvalue weighted by Crippen LogP contribution is 2.42. The number of carbonyl (C=O) groups excluding carboxylic acids is 1. The minimum absolute atomic E-state index is 0.0505. The Labute approximate surface area is 158 Å². The van der Waals surface area contributed by atoms with E-state index in [0.717, 1.165) is 36.9 Å². The molecule has 1 heterocycles. The highest BCUT2D eigenvalue weighted by molar-refractivity contribution is 5.92. The molecule has 0 aliphatic heterocycles. The predicted molar refractivity (Wildman–Crippen MR) is 105 cm³/mol. The van der Waals surface area contributed by atoms with Gasteiger partial charge in [-0.05, 0) is 68.7 Å². The molecular weight excluding hydrogens is 340 g/mol. The maximum Gasteiger partial charge on any atom is 0.251 e. The summed E-state index contributed by atoms with van der Waals surface area (Å²) in [6, 6.07) is 9.16. The Kier molecular flexibility index (Phi) is 4.83. The standard InChI is InChI=1S/C21H26N4O2/c1-12-9-18(26)25-20(23-12)13-5-7-17(8-6-13)24-21(27)16-10-14-3-2-4-15(11-16)19(14)22/h5-9,14-16,19H,2-4,10-11,22H2,1H3,(H,24,27)(H,23,25,26). The van der Waals surface area contributed by atoms with Gasteiger partial charge in [0.05, 0.1) is 0 Å². The van der Waals surface area contributed by atoms with Gasteiger partial charge in [0.1, 0.15) is 5.82 Å². The number of aromatic amines is 1. The molecule has 2 aliphatic carbocycles. The normalized spacial score (nSPS) is 27.2. The molecule has 2 aliphatic rings. The number of amides is 1. The molecule has 27 heavy (non-hydrogen) atoms. The van der Waals surface area contributed by atoms with E-state index in [1.54, 1.807) is 6.92 Å². The fourth-order valence-electron chi connectivity index (χ4n) is 4.67. The number of aromatic nitrogens is 2. The molecule has 4 N–H and O–H groups in total. The Morgan fingerprint density at radius 1 is 1.19 bits per heavy atom. The van der Waals surface area contributed by atoms with Gasteiger partial charge in [0.15, 0.2) is 0 Å². The van der Waals surface area contributed by atoms with Crippen molar-refractivity contribution in [2.45, 2.75) is 45.1 Å². The molecule has 4 rings (SSSR count). The molecule has 2 aromatic rings. The van der Waals surface area contributed by atoms with Crippen molar-refractivity contribution in [3.8, 4) is 11.4 Å². The zero-order valence-electron chi connectivity index (χ0n) is 15.6. The molecule has 0 saturated heterocycles. The molecule has 2 saturated carbocycles. The molecule has 1 aromatic heterocycles. The van der Waals surface area contributed by atoms with Crippen LogP contribution in [0.15, 0.2) is 35.1 Å². The van der Waals surface area contributed by atoms with Gasteiger partial charge in [0, 0.05) is 35.0 Å². The van der Waals surface area contributed by atoms with Crippen LogP contribution < -0.4 is 16.6 Å². The summed E-state index contributed by atoms with van der Waals surface area (Å²) in [5, 5.41) is 3.05. The van der Waals surface area contributed by atoms with Crippen molar-refractivity contribution in [3.63, 3.8) is 0 Å². The molecule has 2 bridgehead atoms. The van der Waals surface area contributed by atoms with E-state index in [0.29, 0.717) is 23.4 Å². The number of nitrogens with two attached hydrogens (primary N) is 1. The lowest BCUT2D eigenvalue weighted by Crippen LogP contribution is -2.48. The van der Waals surface area contributed by atoms with E-state index in [1.807, 2.05) is 24.3 Å². The third-order valence-electron chi connectivity index (χ3n) is 6.08. The largest absolute Gasteiger partial charge is 0.327 e. The molecule has 6 heteroatoms. The van der Waals surface area contributed by atoms with Gasteiger partial charge < -0.3 is 16.0 Å². The minimum Gasteiger partial charge on any atom is -0.327 e. The highest BCUT2D eigenvalue weighted by atomic mass is 16.2. The number of benzene rings is 1. The van der Waals surface area contributed by atoms with Crippen LogP contribution in [0.25, 0.3) is 11.4 Å². The van der Waals surface area contributed by atoms with Gasteiger partial charge in [-0.3, -0.25) is 9.59 Å². The molecule has 2 fully saturated rings. The van der Waals surface area contributed by atoms with Crippen LogP contribution in [0.3, 0.4) is 0 Å². The first-order valence-electron chi connectivity index (χ1n) is 9.74. The number of aryl methyl sites for hydroxylation is 1. The van der Waals surface area contributed by atoms with Crippen molar-refractivity contribution in [1.82, 2.24) is 9.97 Å². The van der Waals surface area contributed by atoms with Crippen molar-refractivity contribution in [3.05, 3.63) is 46.4 Å². The number of hydrogen-bond acceptors (Lipinski definition) is 4. The van der Waals surface area contributed by atoms with Crippen LogP contribution in [-0.4, -0.2) is 21.9 Å². The number of nitrogens with zero attached hydrogens (tertiary/aromatic N) is 1. The SMILES string of the molecule is Cc1cc(=O)[nH]c(-c2ccc(NC(=O)C3CC4CCCC(C3)C4N)cc2)n1. The molecule has 142 valence electrons. The molecule has 2 atom stereocenters. The second-order valence-electron chi connectivity index (χ2n) is 8.00. The van der Waals surface area contributed by atoms with E-state index in [-0.39, 0.29) is 23.4 Å². The summed E-state index contributed by atoms with van der Waals surface area (Å²) >= 11 is 0. The molecule has 1 aromatic carbocycles. The van der Waals surface area contributed by atoms with Gasteiger partial charge in [0.25, 0.3) is 5.56 Å². The van der Waals surface area contributed by atoms with Gasteiger partial charge in [-0.2, -0.15) is 0 Å². The van der Waals surface area contributed by atoms with E-state index in [9.17, 15) is 9.59 Å². The Morgan fingerprint density at radius 3 is 2.48 bits per heavy atom. The van der Waals surface area contributed by atoms with E-state index >= 15 is 0 Å². The van der Waals surface area contributed by atoms with Gasteiger partial charge in [-0.25, -0.2) is 4.98 Å². The van der Waals surface area contributed by atoms with Gasteiger partial charge in [-0.15, -0.1) is 0 Å². The molecular formula is C21H26N4O2. The molecule has 0 spiro atoms. The Balaban J connectivity index is 1.44. The fourth-order valence-corrected chi connectivity index (χ4v) is 4.67. The summed E-state index contributed by atoms with van der Waals surface area (Å²) in [7, 11) is 0. The third-order valence-corrected chi connectivity index (χ3v) is 6.08. The van der Waals surface area contributed by atoms with Gasteiger partial charge >= 0.3 is 0 Å². The second-order valence-corrected chi connectivity index (χ2v) is 8.00. The Morgan fingerprint density at radius 2 is 1.85 bits per heavy atom. The number of hydrogen-bond donors (Lipinski definition) is 3. The van der Waals surface area contributed by atoms with Crippen LogP contribution in [0.1, 0.15) is 37.8 Å². The molecule has 2 unspecified atom stereocenters. The maximum atomic E-state index is 12.7. The summed E-state index contributed by atoms with van der Waals surface area (Å²) < 4.78 is 0. The van der Waals surface area contributed by atoms with Crippen molar-refractivity contribution in [2.24, 2.45) is 23.5 Å². The topological polar surface area (TPSA) is 101 Å². The maximum absolute atomic E-state index is 12.7. The quantitative estimate of drug-likeness (QED) is 0.777.